The minimum atomic E-state index is -0.0809. The number of pyridine rings is 2. The lowest BCUT2D eigenvalue weighted by molar-refractivity contribution is 0.340. The summed E-state index contributed by atoms with van der Waals surface area (Å²) in [6.45, 7) is 7.74. The van der Waals surface area contributed by atoms with Gasteiger partial charge in [-0.3, -0.25) is 9.97 Å². The van der Waals surface area contributed by atoms with Gasteiger partial charge in [-0.1, -0.05) is 12.1 Å². The number of benzene rings is 1. The molecular formula is C28H29N5OS. The summed E-state index contributed by atoms with van der Waals surface area (Å²) in [5, 5.41) is 4.24. The average Bonchev–Trinajstić information content (AvgIpc) is 3.37. The van der Waals surface area contributed by atoms with Gasteiger partial charge in [0.25, 0.3) is 0 Å². The minimum Gasteiger partial charge on any atom is -0.494 e. The molecule has 1 aliphatic rings. The Morgan fingerprint density at radius 2 is 1.86 bits per heavy atom. The van der Waals surface area contributed by atoms with Crippen LogP contribution in [0.4, 0.5) is 5.69 Å². The third kappa shape index (κ3) is 4.51. The molecule has 178 valence electrons. The first-order chi connectivity index (χ1) is 17.1. The Hall–Kier alpha value is -3.71. The molecule has 7 heteroatoms. The Kier molecular flexibility index (Phi) is 6.51. The van der Waals surface area contributed by atoms with Crippen molar-refractivity contribution in [2.45, 2.75) is 39.4 Å². The number of anilines is 1. The summed E-state index contributed by atoms with van der Waals surface area (Å²) in [6.07, 6.45) is 5.57. The van der Waals surface area contributed by atoms with E-state index in [1.54, 1.807) is 0 Å². The van der Waals surface area contributed by atoms with Gasteiger partial charge in [0, 0.05) is 42.2 Å². The van der Waals surface area contributed by atoms with Gasteiger partial charge < -0.3 is 19.5 Å². The van der Waals surface area contributed by atoms with Crippen LogP contribution in [0.25, 0.3) is 0 Å². The highest BCUT2D eigenvalue weighted by Gasteiger charge is 2.42. The fraction of sp³-hybridized carbons (Fsp3) is 0.250. The summed E-state index contributed by atoms with van der Waals surface area (Å²) >= 11 is 5.89. The van der Waals surface area contributed by atoms with Crippen molar-refractivity contribution in [1.82, 2.24) is 19.9 Å². The molecule has 2 atom stereocenters. The van der Waals surface area contributed by atoms with E-state index < -0.39 is 0 Å². The summed E-state index contributed by atoms with van der Waals surface area (Å²) in [5.74, 6) is 0.849. The summed E-state index contributed by atoms with van der Waals surface area (Å²) < 4.78 is 8.01. The van der Waals surface area contributed by atoms with E-state index in [-0.39, 0.29) is 12.1 Å². The Balaban J connectivity index is 1.59. The monoisotopic (exact) mass is 483 g/mol. The zero-order valence-electron chi connectivity index (χ0n) is 20.2. The van der Waals surface area contributed by atoms with E-state index in [9.17, 15) is 0 Å². The summed E-state index contributed by atoms with van der Waals surface area (Å²) in [6, 6.07) is 20.4. The lowest BCUT2D eigenvalue weighted by Crippen LogP contribution is -2.29. The van der Waals surface area contributed by atoms with Gasteiger partial charge in [-0.15, -0.1) is 0 Å². The molecule has 1 aromatic carbocycles. The predicted molar refractivity (Wildman–Crippen MR) is 143 cm³/mol. The van der Waals surface area contributed by atoms with Crippen LogP contribution in [0.3, 0.4) is 0 Å². The highest BCUT2D eigenvalue weighted by atomic mass is 32.1. The highest BCUT2D eigenvalue weighted by Crippen LogP contribution is 2.43. The van der Waals surface area contributed by atoms with E-state index in [2.05, 4.69) is 68.9 Å². The van der Waals surface area contributed by atoms with Crippen LogP contribution in [-0.4, -0.2) is 26.3 Å². The molecule has 0 saturated carbocycles. The first kappa shape index (κ1) is 23.1. The Labute approximate surface area is 211 Å². The molecule has 1 N–H and O–H groups in total. The topological polar surface area (TPSA) is 55.2 Å². The normalized spacial score (nSPS) is 17.5. The van der Waals surface area contributed by atoms with Crippen molar-refractivity contribution in [1.29, 1.82) is 0 Å². The summed E-state index contributed by atoms with van der Waals surface area (Å²) in [4.78, 5) is 11.2. The zero-order valence-corrected chi connectivity index (χ0v) is 21.0. The molecule has 0 amide bonds. The minimum absolute atomic E-state index is 0.0517. The quantitative estimate of drug-likeness (QED) is 0.350. The van der Waals surface area contributed by atoms with Crippen molar-refractivity contribution >= 4 is 23.0 Å². The van der Waals surface area contributed by atoms with E-state index >= 15 is 0 Å². The summed E-state index contributed by atoms with van der Waals surface area (Å²) in [5.41, 5.74) is 6.79. The van der Waals surface area contributed by atoms with E-state index in [0.29, 0.717) is 11.7 Å². The fourth-order valence-electron chi connectivity index (χ4n) is 4.86. The van der Waals surface area contributed by atoms with Crippen LogP contribution in [0.2, 0.25) is 0 Å². The molecule has 0 aliphatic carbocycles. The molecule has 35 heavy (non-hydrogen) atoms. The highest BCUT2D eigenvalue weighted by molar-refractivity contribution is 7.80. The van der Waals surface area contributed by atoms with Crippen molar-refractivity contribution in [2.75, 3.05) is 11.5 Å². The second-order valence-corrected chi connectivity index (χ2v) is 9.08. The van der Waals surface area contributed by atoms with Gasteiger partial charge >= 0.3 is 0 Å². The van der Waals surface area contributed by atoms with Crippen LogP contribution >= 0.6 is 12.2 Å². The molecule has 0 unspecified atom stereocenters. The Morgan fingerprint density at radius 1 is 1.03 bits per heavy atom. The number of thiocarbonyl (C=S) groups is 1. The van der Waals surface area contributed by atoms with Crippen LogP contribution < -0.4 is 15.0 Å². The van der Waals surface area contributed by atoms with Crippen molar-refractivity contribution in [3.63, 3.8) is 0 Å². The van der Waals surface area contributed by atoms with Crippen LogP contribution in [0, 0.1) is 13.8 Å². The molecule has 0 radical (unpaired) electrons. The van der Waals surface area contributed by atoms with Gasteiger partial charge in [0.15, 0.2) is 5.11 Å². The molecule has 5 rings (SSSR count). The first-order valence-electron chi connectivity index (χ1n) is 11.9. The zero-order chi connectivity index (χ0) is 24.4. The lowest BCUT2D eigenvalue weighted by Gasteiger charge is -2.28. The van der Waals surface area contributed by atoms with Gasteiger partial charge in [-0.05, 0) is 92.6 Å². The number of rotatable bonds is 7. The second kappa shape index (κ2) is 9.88. The number of hydrogen-bond donors (Lipinski definition) is 1. The maximum atomic E-state index is 5.89. The molecule has 4 heterocycles. The van der Waals surface area contributed by atoms with Gasteiger partial charge in [0.1, 0.15) is 5.75 Å². The second-order valence-electron chi connectivity index (χ2n) is 8.70. The van der Waals surface area contributed by atoms with Crippen molar-refractivity contribution < 1.29 is 4.74 Å². The molecule has 0 spiro atoms. The van der Waals surface area contributed by atoms with E-state index in [0.717, 1.165) is 23.7 Å². The fourth-order valence-corrected chi connectivity index (χ4v) is 5.21. The molecular weight excluding hydrogens is 454 g/mol. The largest absolute Gasteiger partial charge is 0.494 e. The third-order valence-electron chi connectivity index (χ3n) is 6.52. The van der Waals surface area contributed by atoms with Gasteiger partial charge in [0.05, 0.1) is 24.4 Å². The molecule has 1 aliphatic heterocycles. The van der Waals surface area contributed by atoms with Crippen molar-refractivity contribution in [3.05, 3.63) is 107 Å². The van der Waals surface area contributed by atoms with Crippen LogP contribution in [0.5, 0.6) is 5.75 Å². The smallest absolute Gasteiger partial charge is 0.174 e. The number of nitrogens with one attached hydrogen (secondary N) is 1. The first-order valence-corrected chi connectivity index (χ1v) is 12.3. The average molecular weight is 484 g/mol. The van der Waals surface area contributed by atoms with E-state index in [1.165, 1.54) is 22.5 Å². The molecule has 1 fully saturated rings. The molecule has 6 nitrogen and oxygen atoms in total. The van der Waals surface area contributed by atoms with Gasteiger partial charge in [-0.25, -0.2) is 0 Å². The molecule has 3 aromatic heterocycles. The van der Waals surface area contributed by atoms with Crippen LogP contribution in [0.15, 0.2) is 79.3 Å². The van der Waals surface area contributed by atoms with Gasteiger partial charge in [0.2, 0.25) is 0 Å². The standard InChI is InChI=1S/C28H29N5OS/c1-4-34-23-12-10-22(11-13-23)33-27(26(31-28(33)35)25-9-5-6-15-30-25)24-16-19(2)32(20(24)3)18-21-8-7-14-29-17-21/h5-17,26-27H,4,18H2,1-3H3,(H,31,35)/t26-,27-/m0/s1. The molecule has 0 bridgehead atoms. The molecule has 4 aromatic rings. The Bertz CT molecular complexity index is 1300. The third-order valence-corrected chi connectivity index (χ3v) is 6.83. The van der Waals surface area contributed by atoms with Crippen LogP contribution in [0.1, 0.15) is 47.2 Å². The predicted octanol–water partition coefficient (Wildman–Crippen LogP) is 5.52. The lowest BCUT2D eigenvalue weighted by atomic mass is 9.96. The Morgan fingerprint density at radius 3 is 2.54 bits per heavy atom. The van der Waals surface area contributed by atoms with E-state index in [1.807, 2.05) is 55.8 Å². The van der Waals surface area contributed by atoms with Crippen LogP contribution in [-0.2, 0) is 6.54 Å². The number of aryl methyl sites for hydroxylation is 1. The van der Waals surface area contributed by atoms with Gasteiger partial charge in [-0.2, -0.15) is 0 Å². The number of ether oxygens (including phenoxy) is 1. The SMILES string of the molecule is CCOc1ccc(N2C(=S)N[C@@H](c3ccccn3)[C@@H]2c2cc(C)n(Cc3cccnc3)c2C)cc1. The maximum absolute atomic E-state index is 5.89. The molecule has 1 saturated heterocycles. The van der Waals surface area contributed by atoms with E-state index in [4.69, 9.17) is 17.0 Å². The maximum Gasteiger partial charge on any atom is 0.174 e. The number of hydrogen-bond acceptors (Lipinski definition) is 4. The van der Waals surface area contributed by atoms with Crippen molar-refractivity contribution in [2.24, 2.45) is 0 Å². The summed E-state index contributed by atoms with van der Waals surface area (Å²) in [7, 11) is 0. The van der Waals surface area contributed by atoms with Crippen molar-refractivity contribution in [3.8, 4) is 5.75 Å². The number of nitrogens with zero attached hydrogens (tertiary/aromatic N) is 4. The number of aromatic nitrogens is 3.